The molecule has 0 unspecified atom stereocenters. The van der Waals surface area contributed by atoms with Crippen LogP contribution in [-0.2, 0) is 11.3 Å². The van der Waals surface area contributed by atoms with E-state index in [1.165, 1.54) is 24.4 Å². The zero-order valence-electron chi connectivity index (χ0n) is 16.4. The van der Waals surface area contributed by atoms with Crippen molar-refractivity contribution in [3.05, 3.63) is 76.6 Å². The SMILES string of the molecule is C=CC(=O)N1CC(Cn2c(=O)cnc3cc(-c4cc(F)cc5[nH]ccc45)c(Cl)cc32)C1. The van der Waals surface area contributed by atoms with E-state index in [4.69, 9.17) is 11.6 Å². The number of fused-ring (bicyclic) bond motifs is 2. The smallest absolute Gasteiger partial charge is 0.269 e. The van der Waals surface area contributed by atoms with Crippen LogP contribution in [0.1, 0.15) is 0 Å². The first-order chi connectivity index (χ1) is 14.9. The lowest BCUT2D eigenvalue weighted by molar-refractivity contribution is -0.132. The third-order valence-corrected chi connectivity index (χ3v) is 6.06. The Morgan fingerprint density at radius 2 is 2.10 bits per heavy atom. The van der Waals surface area contributed by atoms with Gasteiger partial charge in [-0.05, 0) is 42.0 Å². The van der Waals surface area contributed by atoms with Gasteiger partial charge in [0.1, 0.15) is 5.82 Å². The fourth-order valence-corrected chi connectivity index (χ4v) is 4.45. The average Bonchev–Trinajstić information content (AvgIpc) is 3.18. The van der Waals surface area contributed by atoms with E-state index in [-0.39, 0.29) is 23.2 Å². The van der Waals surface area contributed by atoms with E-state index in [9.17, 15) is 14.0 Å². The number of halogens is 2. The second-order valence-corrected chi connectivity index (χ2v) is 8.14. The van der Waals surface area contributed by atoms with Gasteiger partial charge in [-0.15, -0.1) is 0 Å². The van der Waals surface area contributed by atoms with Gasteiger partial charge in [-0.2, -0.15) is 0 Å². The van der Waals surface area contributed by atoms with E-state index in [1.807, 2.05) is 6.07 Å². The van der Waals surface area contributed by atoms with E-state index in [0.29, 0.717) is 52.3 Å². The summed E-state index contributed by atoms with van der Waals surface area (Å²) in [6.07, 6.45) is 4.32. The number of aromatic nitrogens is 3. The number of nitrogens with one attached hydrogen (secondary N) is 1. The third-order valence-electron chi connectivity index (χ3n) is 5.74. The van der Waals surface area contributed by atoms with Crippen molar-refractivity contribution in [2.75, 3.05) is 13.1 Å². The molecule has 5 rings (SSSR count). The van der Waals surface area contributed by atoms with Crippen LogP contribution in [-0.4, -0.2) is 38.4 Å². The molecule has 1 aliphatic heterocycles. The van der Waals surface area contributed by atoms with Crippen LogP contribution in [0.25, 0.3) is 33.1 Å². The molecule has 1 saturated heterocycles. The van der Waals surface area contributed by atoms with Crippen LogP contribution in [0.5, 0.6) is 0 Å². The first-order valence-corrected chi connectivity index (χ1v) is 10.2. The van der Waals surface area contributed by atoms with Gasteiger partial charge < -0.3 is 14.5 Å². The standard InChI is InChI=1S/C23H18ClFN4O2/c1-2-22(30)28-10-13(11-28)12-29-21-8-18(24)17(7-20(21)27-9-23(29)31)16-5-14(25)6-19-15(16)3-4-26-19/h2-9,13,26H,1,10-12H2. The van der Waals surface area contributed by atoms with E-state index in [1.54, 1.807) is 27.8 Å². The summed E-state index contributed by atoms with van der Waals surface area (Å²) in [5.74, 6) is -0.321. The second kappa shape index (κ2) is 7.35. The molecule has 0 bridgehead atoms. The molecule has 0 saturated carbocycles. The minimum atomic E-state index is -0.373. The minimum Gasteiger partial charge on any atom is -0.361 e. The molecule has 0 atom stereocenters. The van der Waals surface area contributed by atoms with Gasteiger partial charge in [-0.3, -0.25) is 9.59 Å². The summed E-state index contributed by atoms with van der Waals surface area (Å²) in [5, 5.41) is 1.25. The molecule has 0 spiro atoms. The summed E-state index contributed by atoms with van der Waals surface area (Å²) < 4.78 is 15.8. The van der Waals surface area contributed by atoms with Crippen LogP contribution in [0.3, 0.4) is 0 Å². The average molecular weight is 437 g/mol. The number of carbonyl (C=O) groups excluding carboxylic acids is 1. The van der Waals surface area contributed by atoms with Crippen molar-refractivity contribution in [1.82, 2.24) is 19.4 Å². The number of amides is 1. The van der Waals surface area contributed by atoms with E-state index in [2.05, 4.69) is 16.5 Å². The quantitative estimate of drug-likeness (QED) is 0.492. The lowest BCUT2D eigenvalue weighted by Crippen LogP contribution is -2.51. The highest BCUT2D eigenvalue weighted by Gasteiger charge is 2.30. The maximum atomic E-state index is 14.2. The lowest BCUT2D eigenvalue weighted by Gasteiger charge is -2.39. The number of H-pyrrole nitrogens is 1. The molecule has 8 heteroatoms. The van der Waals surface area contributed by atoms with Crippen molar-refractivity contribution in [2.24, 2.45) is 5.92 Å². The molecule has 1 N–H and O–H groups in total. The van der Waals surface area contributed by atoms with Gasteiger partial charge in [0.05, 0.1) is 22.3 Å². The summed E-state index contributed by atoms with van der Waals surface area (Å²) >= 11 is 6.61. The van der Waals surface area contributed by atoms with Crippen molar-refractivity contribution in [3.8, 4) is 11.1 Å². The second-order valence-electron chi connectivity index (χ2n) is 7.73. The van der Waals surface area contributed by atoms with E-state index >= 15 is 0 Å². The molecule has 1 amide bonds. The summed E-state index contributed by atoms with van der Waals surface area (Å²) in [6.45, 7) is 5.09. The molecule has 4 aromatic rings. The summed E-state index contributed by atoms with van der Waals surface area (Å²) in [4.78, 5) is 33.2. The van der Waals surface area contributed by atoms with Crippen molar-refractivity contribution >= 4 is 39.4 Å². The summed E-state index contributed by atoms with van der Waals surface area (Å²) in [7, 11) is 0. The predicted octanol–water partition coefficient (Wildman–Crippen LogP) is 3.98. The zero-order chi connectivity index (χ0) is 21.7. The number of benzene rings is 2. The summed E-state index contributed by atoms with van der Waals surface area (Å²) in [6, 6.07) is 8.23. The number of likely N-dealkylation sites (tertiary alicyclic amines) is 1. The van der Waals surface area contributed by atoms with Crippen molar-refractivity contribution in [2.45, 2.75) is 6.54 Å². The van der Waals surface area contributed by atoms with Gasteiger partial charge in [0.25, 0.3) is 5.56 Å². The first-order valence-electron chi connectivity index (χ1n) is 9.82. The van der Waals surface area contributed by atoms with E-state index in [0.717, 1.165) is 5.39 Å². The zero-order valence-corrected chi connectivity index (χ0v) is 17.2. The Hall–Kier alpha value is -3.45. The highest BCUT2D eigenvalue weighted by molar-refractivity contribution is 6.34. The van der Waals surface area contributed by atoms with Crippen LogP contribution < -0.4 is 5.56 Å². The van der Waals surface area contributed by atoms with Crippen LogP contribution in [0.2, 0.25) is 5.02 Å². The molecule has 2 aromatic heterocycles. The van der Waals surface area contributed by atoms with Gasteiger partial charge in [0.15, 0.2) is 0 Å². The monoisotopic (exact) mass is 436 g/mol. The highest BCUT2D eigenvalue weighted by Crippen LogP contribution is 2.36. The molecule has 1 aliphatic rings. The summed E-state index contributed by atoms with van der Waals surface area (Å²) in [5.41, 5.74) is 2.93. The maximum Gasteiger partial charge on any atom is 0.269 e. The number of hydrogen-bond acceptors (Lipinski definition) is 3. The van der Waals surface area contributed by atoms with Crippen LogP contribution in [0.4, 0.5) is 4.39 Å². The van der Waals surface area contributed by atoms with E-state index < -0.39 is 0 Å². The third kappa shape index (κ3) is 3.31. The van der Waals surface area contributed by atoms with Crippen LogP contribution in [0.15, 0.2) is 60.2 Å². The maximum absolute atomic E-state index is 14.2. The number of aromatic amines is 1. The predicted molar refractivity (Wildman–Crippen MR) is 119 cm³/mol. The Morgan fingerprint density at radius 3 is 2.87 bits per heavy atom. The Labute approximate surface area is 181 Å². The molecule has 0 aliphatic carbocycles. The number of hydrogen-bond donors (Lipinski definition) is 1. The minimum absolute atomic E-state index is 0.109. The van der Waals surface area contributed by atoms with Gasteiger partial charge in [0.2, 0.25) is 5.91 Å². The van der Waals surface area contributed by atoms with Gasteiger partial charge in [-0.1, -0.05) is 18.2 Å². The molecule has 0 radical (unpaired) electrons. The largest absolute Gasteiger partial charge is 0.361 e. The normalized spacial score (nSPS) is 14.2. The van der Waals surface area contributed by atoms with Crippen molar-refractivity contribution in [1.29, 1.82) is 0 Å². The van der Waals surface area contributed by atoms with Gasteiger partial charge in [0, 0.05) is 48.2 Å². The molecule has 3 heterocycles. The van der Waals surface area contributed by atoms with Crippen LogP contribution in [0, 0.1) is 11.7 Å². The molecule has 1 fully saturated rings. The topological polar surface area (TPSA) is 71.0 Å². The van der Waals surface area contributed by atoms with Gasteiger partial charge >= 0.3 is 0 Å². The fraction of sp³-hybridized carbons (Fsp3) is 0.174. The Bertz CT molecular complexity index is 1420. The lowest BCUT2D eigenvalue weighted by atomic mass is 9.99. The molecule has 6 nitrogen and oxygen atoms in total. The molecular formula is C23H18ClFN4O2. The Morgan fingerprint density at radius 1 is 1.29 bits per heavy atom. The molecule has 2 aromatic carbocycles. The highest BCUT2D eigenvalue weighted by atomic mass is 35.5. The number of rotatable bonds is 4. The Kier molecular flexibility index (Phi) is 4.63. The van der Waals surface area contributed by atoms with Crippen LogP contribution >= 0.6 is 11.6 Å². The first kappa shape index (κ1) is 19.5. The fourth-order valence-electron chi connectivity index (χ4n) is 4.19. The van der Waals surface area contributed by atoms with Crippen molar-refractivity contribution in [3.63, 3.8) is 0 Å². The number of nitrogens with zero attached hydrogens (tertiary/aromatic N) is 3. The molecular weight excluding hydrogens is 419 g/mol. The Balaban J connectivity index is 1.56. The van der Waals surface area contributed by atoms with Crippen molar-refractivity contribution < 1.29 is 9.18 Å². The molecule has 156 valence electrons. The number of carbonyl (C=O) groups is 1. The van der Waals surface area contributed by atoms with Gasteiger partial charge in [-0.25, -0.2) is 9.37 Å². The molecule has 31 heavy (non-hydrogen) atoms.